The van der Waals surface area contributed by atoms with E-state index in [0.717, 1.165) is 18.3 Å². The van der Waals surface area contributed by atoms with Crippen LogP contribution in [0.2, 0.25) is 0 Å². The molecular formula is C13H24N2O. The maximum atomic E-state index is 11.9. The number of nitrogens with two attached hydrogens (primary N) is 1. The van der Waals surface area contributed by atoms with Crippen LogP contribution >= 0.6 is 0 Å². The first-order valence-corrected chi connectivity index (χ1v) is 6.62. The number of hydrogen-bond donors (Lipinski definition) is 2. The van der Waals surface area contributed by atoms with Gasteiger partial charge in [-0.3, -0.25) is 4.79 Å². The second kappa shape index (κ2) is 4.74. The largest absolute Gasteiger partial charge is 0.352 e. The Balaban J connectivity index is 1.79. The lowest BCUT2D eigenvalue weighted by Crippen LogP contribution is -2.47. The van der Waals surface area contributed by atoms with Crippen LogP contribution in [0.15, 0.2) is 0 Å². The summed E-state index contributed by atoms with van der Waals surface area (Å²) in [6, 6.07) is 0.101. The molecule has 0 aromatic carbocycles. The van der Waals surface area contributed by atoms with Crippen molar-refractivity contribution in [2.24, 2.45) is 23.5 Å². The third kappa shape index (κ3) is 2.57. The Morgan fingerprint density at radius 1 is 1.38 bits per heavy atom. The average molecular weight is 224 g/mol. The molecule has 0 aliphatic heterocycles. The fraction of sp³-hybridized carbons (Fsp3) is 0.923. The van der Waals surface area contributed by atoms with E-state index >= 15 is 0 Å². The summed E-state index contributed by atoms with van der Waals surface area (Å²) in [5.41, 5.74) is 5.88. The van der Waals surface area contributed by atoms with Gasteiger partial charge in [0.25, 0.3) is 0 Å². The third-order valence-corrected chi connectivity index (χ3v) is 4.13. The van der Waals surface area contributed by atoms with E-state index in [1.165, 1.54) is 25.7 Å². The van der Waals surface area contributed by atoms with Crippen molar-refractivity contribution < 1.29 is 4.79 Å². The minimum absolute atomic E-state index is 0.0613. The van der Waals surface area contributed by atoms with Gasteiger partial charge in [-0.05, 0) is 43.4 Å². The number of carbonyl (C=O) groups excluding carboxylic acids is 1. The van der Waals surface area contributed by atoms with Crippen LogP contribution in [0.5, 0.6) is 0 Å². The smallest absolute Gasteiger partial charge is 0.237 e. The molecule has 2 aliphatic carbocycles. The molecule has 2 fully saturated rings. The molecule has 1 amide bonds. The van der Waals surface area contributed by atoms with Crippen LogP contribution in [0, 0.1) is 17.8 Å². The van der Waals surface area contributed by atoms with E-state index < -0.39 is 0 Å². The van der Waals surface area contributed by atoms with Crippen molar-refractivity contribution in [3.8, 4) is 0 Å². The topological polar surface area (TPSA) is 55.1 Å². The number of rotatable bonds is 4. The van der Waals surface area contributed by atoms with Gasteiger partial charge in [-0.25, -0.2) is 0 Å². The monoisotopic (exact) mass is 224 g/mol. The maximum Gasteiger partial charge on any atom is 0.237 e. The maximum absolute atomic E-state index is 11.9. The van der Waals surface area contributed by atoms with Crippen molar-refractivity contribution in [1.82, 2.24) is 5.32 Å². The molecule has 3 nitrogen and oxygen atoms in total. The van der Waals surface area contributed by atoms with Crippen LogP contribution in [0.25, 0.3) is 0 Å². The second-order valence-corrected chi connectivity index (χ2v) is 6.03. The zero-order chi connectivity index (χ0) is 11.7. The van der Waals surface area contributed by atoms with E-state index in [9.17, 15) is 4.79 Å². The predicted molar refractivity (Wildman–Crippen MR) is 64.8 cm³/mol. The zero-order valence-electron chi connectivity index (χ0n) is 10.4. The first kappa shape index (κ1) is 11.9. The Hall–Kier alpha value is -0.570. The number of nitrogens with one attached hydrogen (secondary N) is 1. The second-order valence-electron chi connectivity index (χ2n) is 6.03. The van der Waals surface area contributed by atoms with E-state index in [2.05, 4.69) is 19.2 Å². The van der Waals surface area contributed by atoms with Crippen LogP contribution in [-0.4, -0.2) is 18.0 Å². The summed E-state index contributed by atoms with van der Waals surface area (Å²) in [5.74, 6) is 2.16. The van der Waals surface area contributed by atoms with Gasteiger partial charge in [0.15, 0.2) is 0 Å². The Morgan fingerprint density at radius 2 is 2.12 bits per heavy atom. The molecule has 4 unspecified atom stereocenters. The number of hydrogen-bond acceptors (Lipinski definition) is 2. The van der Waals surface area contributed by atoms with Gasteiger partial charge in [-0.15, -0.1) is 0 Å². The van der Waals surface area contributed by atoms with E-state index in [1.54, 1.807) is 0 Å². The van der Waals surface area contributed by atoms with Crippen LogP contribution in [-0.2, 0) is 4.79 Å². The Morgan fingerprint density at radius 3 is 2.62 bits per heavy atom. The van der Waals surface area contributed by atoms with Gasteiger partial charge < -0.3 is 11.1 Å². The average Bonchev–Trinajstić information content (AvgIpc) is 2.77. The minimum Gasteiger partial charge on any atom is -0.352 e. The fourth-order valence-electron chi connectivity index (χ4n) is 3.33. The predicted octanol–water partition coefficient (Wildman–Crippen LogP) is 1.66. The Bertz CT molecular complexity index is 265. The van der Waals surface area contributed by atoms with Crippen molar-refractivity contribution in [2.75, 3.05) is 0 Å². The van der Waals surface area contributed by atoms with Crippen molar-refractivity contribution >= 4 is 5.91 Å². The molecule has 2 bridgehead atoms. The third-order valence-electron chi connectivity index (χ3n) is 4.13. The normalized spacial score (nSPS) is 34.4. The molecular weight excluding hydrogens is 200 g/mol. The van der Waals surface area contributed by atoms with Crippen molar-refractivity contribution in [1.29, 1.82) is 0 Å². The molecule has 2 aliphatic rings. The molecule has 3 heteroatoms. The van der Waals surface area contributed by atoms with Crippen LogP contribution in [0.3, 0.4) is 0 Å². The summed E-state index contributed by atoms with van der Waals surface area (Å²) >= 11 is 0. The van der Waals surface area contributed by atoms with Gasteiger partial charge in [0, 0.05) is 6.04 Å². The molecule has 3 N–H and O–H groups in total. The standard InChI is InChI=1S/C13H24N2O/c1-8(2)5-11(14)13(16)15-12-7-9-3-4-10(12)6-9/h8-12H,3-7,14H2,1-2H3,(H,15,16). The van der Waals surface area contributed by atoms with Gasteiger partial charge in [-0.2, -0.15) is 0 Å². The Kier molecular flexibility index (Phi) is 3.53. The van der Waals surface area contributed by atoms with Gasteiger partial charge in [0.1, 0.15) is 0 Å². The molecule has 0 aromatic rings. The summed E-state index contributed by atoms with van der Waals surface area (Å²) in [4.78, 5) is 11.9. The molecule has 2 saturated carbocycles. The van der Waals surface area contributed by atoms with Crippen molar-refractivity contribution in [3.63, 3.8) is 0 Å². The highest BCUT2D eigenvalue weighted by Gasteiger charge is 2.40. The lowest BCUT2D eigenvalue weighted by molar-refractivity contribution is -0.123. The molecule has 16 heavy (non-hydrogen) atoms. The first-order valence-electron chi connectivity index (χ1n) is 6.62. The number of amides is 1. The highest BCUT2D eigenvalue weighted by atomic mass is 16.2. The van der Waals surface area contributed by atoms with Crippen molar-refractivity contribution in [3.05, 3.63) is 0 Å². The zero-order valence-corrected chi connectivity index (χ0v) is 10.4. The molecule has 0 saturated heterocycles. The van der Waals surface area contributed by atoms with Gasteiger partial charge >= 0.3 is 0 Å². The lowest BCUT2D eigenvalue weighted by atomic mass is 9.94. The first-order chi connectivity index (χ1) is 7.56. The van der Waals surface area contributed by atoms with E-state index in [1.807, 2.05) is 0 Å². The Labute approximate surface area is 98.2 Å². The molecule has 4 atom stereocenters. The fourth-order valence-corrected chi connectivity index (χ4v) is 3.33. The molecule has 92 valence electrons. The van der Waals surface area contributed by atoms with E-state index in [4.69, 9.17) is 5.73 Å². The molecule has 0 radical (unpaired) electrons. The lowest BCUT2D eigenvalue weighted by Gasteiger charge is -2.25. The highest BCUT2D eigenvalue weighted by molar-refractivity contribution is 5.81. The van der Waals surface area contributed by atoms with Gasteiger partial charge in [0.05, 0.1) is 6.04 Å². The number of carbonyl (C=O) groups is 1. The SMILES string of the molecule is CC(C)CC(N)C(=O)NC1CC2CCC1C2. The van der Waals surface area contributed by atoms with Gasteiger partial charge in [0.2, 0.25) is 5.91 Å². The summed E-state index contributed by atoms with van der Waals surface area (Å²) in [5, 5.41) is 3.15. The van der Waals surface area contributed by atoms with Crippen LogP contribution < -0.4 is 11.1 Å². The molecule has 0 heterocycles. The summed E-state index contributed by atoms with van der Waals surface area (Å²) in [6.07, 6.45) is 5.96. The van der Waals surface area contributed by atoms with E-state index in [0.29, 0.717) is 12.0 Å². The van der Waals surface area contributed by atoms with Crippen LogP contribution in [0.1, 0.15) is 46.0 Å². The van der Waals surface area contributed by atoms with Gasteiger partial charge in [-0.1, -0.05) is 20.3 Å². The van der Waals surface area contributed by atoms with E-state index in [-0.39, 0.29) is 11.9 Å². The summed E-state index contributed by atoms with van der Waals surface area (Å²) < 4.78 is 0. The number of fused-ring (bicyclic) bond motifs is 2. The summed E-state index contributed by atoms with van der Waals surface area (Å²) in [6.45, 7) is 4.20. The minimum atomic E-state index is -0.320. The quantitative estimate of drug-likeness (QED) is 0.763. The molecule has 0 spiro atoms. The van der Waals surface area contributed by atoms with Crippen LogP contribution in [0.4, 0.5) is 0 Å². The molecule has 2 rings (SSSR count). The molecule has 0 aromatic heterocycles. The van der Waals surface area contributed by atoms with Crippen molar-refractivity contribution in [2.45, 2.75) is 58.0 Å². The summed E-state index contributed by atoms with van der Waals surface area (Å²) in [7, 11) is 0. The highest BCUT2D eigenvalue weighted by Crippen LogP contribution is 2.44.